The van der Waals surface area contributed by atoms with Gasteiger partial charge in [-0.3, -0.25) is 4.90 Å². The first-order chi connectivity index (χ1) is 15.6. The van der Waals surface area contributed by atoms with E-state index in [1.54, 1.807) is 13.0 Å². The van der Waals surface area contributed by atoms with Crippen LogP contribution in [-0.4, -0.2) is 52.1 Å². The molecule has 2 aliphatic rings. The number of nitrogens with one attached hydrogen (secondary N) is 3. The molecule has 1 aromatic carbocycles. The molecule has 1 saturated carbocycles. The molecule has 32 heavy (non-hydrogen) atoms. The molecule has 2 aromatic rings. The van der Waals surface area contributed by atoms with Gasteiger partial charge in [0.25, 0.3) is 0 Å². The van der Waals surface area contributed by atoms with Gasteiger partial charge in [-0.25, -0.2) is 4.39 Å². The highest BCUT2D eigenvalue weighted by Gasteiger charge is 2.23. The van der Waals surface area contributed by atoms with Crippen molar-refractivity contribution in [1.82, 2.24) is 19.9 Å². The quantitative estimate of drug-likeness (QED) is 0.508. The number of anilines is 4. The van der Waals surface area contributed by atoms with Gasteiger partial charge in [-0.05, 0) is 69.3 Å². The maximum Gasteiger partial charge on any atom is 0.233 e. The zero-order valence-electron chi connectivity index (χ0n) is 19.3. The Bertz CT molecular complexity index is 885. The van der Waals surface area contributed by atoms with Gasteiger partial charge in [0, 0.05) is 24.8 Å². The van der Waals surface area contributed by atoms with Gasteiger partial charge in [-0.15, -0.1) is 0 Å². The van der Waals surface area contributed by atoms with Crippen molar-refractivity contribution in [3.05, 3.63) is 29.6 Å². The molecule has 1 aromatic heterocycles. The molecule has 8 heteroatoms. The van der Waals surface area contributed by atoms with Crippen LogP contribution in [0.3, 0.4) is 0 Å². The minimum Gasteiger partial charge on any atom is -0.354 e. The molecule has 0 radical (unpaired) electrons. The highest BCUT2D eigenvalue weighted by molar-refractivity contribution is 5.56. The highest BCUT2D eigenvalue weighted by atomic mass is 19.1. The standard InChI is InChI=1S/C24H36FN7/c1-3-32-13-7-10-20(32)16-27-23-29-22(26-15-18-8-5-4-6-9-18)30-24(31-23)28-19-12-11-17(2)21(25)14-19/h11-12,14,18,20H,3-10,13,15-16H2,1-2H3,(H3,26,27,28,29,30,31)/t20-/m0/s1. The summed E-state index contributed by atoms with van der Waals surface area (Å²) in [5, 5.41) is 9.99. The van der Waals surface area contributed by atoms with E-state index in [0.29, 0.717) is 41.1 Å². The lowest BCUT2D eigenvalue weighted by Crippen LogP contribution is -2.35. The van der Waals surface area contributed by atoms with Crippen LogP contribution in [0, 0.1) is 18.7 Å². The molecule has 2 heterocycles. The summed E-state index contributed by atoms with van der Waals surface area (Å²) >= 11 is 0. The molecular weight excluding hydrogens is 405 g/mol. The zero-order valence-corrected chi connectivity index (χ0v) is 19.3. The summed E-state index contributed by atoms with van der Waals surface area (Å²) in [6.45, 7) is 7.84. The van der Waals surface area contributed by atoms with Gasteiger partial charge in [0.15, 0.2) is 0 Å². The molecule has 3 N–H and O–H groups in total. The van der Waals surface area contributed by atoms with Gasteiger partial charge in [0.05, 0.1) is 0 Å². The minimum atomic E-state index is -0.251. The molecule has 0 bridgehead atoms. The molecule has 4 rings (SSSR count). The van der Waals surface area contributed by atoms with Crippen LogP contribution >= 0.6 is 0 Å². The SMILES string of the molecule is CCN1CCC[C@H]1CNc1nc(NCC2CCCCC2)nc(Nc2ccc(C)c(F)c2)n1. The van der Waals surface area contributed by atoms with Crippen LogP contribution in [0.5, 0.6) is 0 Å². The number of likely N-dealkylation sites (N-methyl/N-ethyl adjacent to an activating group) is 1. The molecule has 174 valence electrons. The fraction of sp³-hybridized carbons (Fsp3) is 0.625. The highest BCUT2D eigenvalue weighted by Crippen LogP contribution is 2.24. The van der Waals surface area contributed by atoms with Crippen LogP contribution < -0.4 is 16.0 Å². The predicted molar refractivity (Wildman–Crippen MR) is 128 cm³/mol. The summed E-state index contributed by atoms with van der Waals surface area (Å²) in [5.74, 6) is 1.93. The van der Waals surface area contributed by atoms with Crippen LogP contribution in [0.1, 0.15) is 57.4 Å². The normalized spacial score (nSPS) is 19.8. The van der Waals surface area contributed by atoms with E-state index in [2.05, 4.69) is 42.7 Å². The molecule has 0 amide bonds. The first-order valence-corrected chi connectivity index (χ1v) is 12.1. The Morgan fingerprint density at radius 1 is 0.938 bits per heavy atom. The minimum absolute atomic E-state index is 0.251. The van der Waals surface area contributed by atoms with Crippen molar-refractivity contribution < 1.29 is 4.39 Å². The zero-order chi connectivity index (χ0) is 22.3. The first kappa shape index (κ1) is 22.7. The van der Waals surface area contributed by atoms with E-state index in [4.69, 9.17) is 0 Å². The summed E-state index contributed by atoms with van der Waals surface area (Å²) in [6, 6.07) is 5.55. The number of hydrogen-bond acceptors (Lipinski definition) is 7. The van der Waals surface area contributed by atoms with Crippen LogP contribution in [0.4, 0.5) is 27.9 Å². The summed E-state index contributed by atoms with van der Waals surface area (Å²) in [6.07, 6.45) is 8.88. The second kappa shape index (κ2) is 10.9. The number of aromatic nitrogens is 3. The Kier molecular flexibility index (Phi) is 7.73. The average Bonchev–Trinajstić information content (AvgIpc) is 3.27. The van der Waals surface area contributed by atoms with Gasteiger partial charge in [0.2, 0.25) is 17.8 Å². The van der Waals surface area contributed by atoms with Crippen molar-refractivity contribution in [1.29, 1.82) is 0 Å². The van der Waals surface area contributed by atoms with Gasteiger partial charge < -0.3 is 16.0 Å². The van der Waals surface area contributed by atoms with Crippen molar-refractivity contribution >= 4 is 23.5 Å². The van der Waals surface area contributed by atoms with Gasteiger partial charge in [0.1, 0.15) is 5.82 Å². The Labute approximate surface area is 190 Å². The van der Waals surface area contributed by atoms with Gasteiger partial charge >= 0.3 is 0 Å². The lowest BCUT2D eigenvalue weighted by molar-refractivity contribution is 0.277. The van der Waals surface area contributed by atoms with E-state index in [1.807, 2.05) is 6.07 Å². The third kappa shape index (κ3) is 6.06. The van der Waals surface area contributed by atoms with E-state index in [9.17, 15) is 4.39 Å². The van der Waals surface area contributed by atoms with Crippen molar-refractivity contribution in [2.45, 2.75) is 64.8 Å². The third-order valence-corrected chi connectivity index (χ3v) is 6.74. The van der Waals surface area contributed by atoms with Crippen molar-refractivity contribution in [2.24, 2.45) is 5.92 Å². The Hall–Kier alpha value is -2.48. The summed E-state index contributed by atoms with van der Waals surface area (Å²) < 4.78 is 14.0. The van der Waals surface area contributed by atoms with Crippen LogP contribution in [-0.2, 0) is 0 Å². The second-order valence-electron chi connectivity index (χ2n) is 9.09. The molecule has 2 fully saturated rings. The molecule has 1 aliphatic heterocycles. The third-order valence-electron chi connectivity index (χ3n) is 6.74. The molecule has 1 aliphatic carbocycles. The van der Waals surface area contributed by atoms with Crippen LogP contribution in [0.2, 0.25) is 0 Å². The fourth-order valence-corrected chi connectivity index (χ4v) is 4.77. The van der Waals surface area contributed by atoms with E-state index in [1.165, 1.54) is 51.0 Å². The number of rotatable bonds is 9. The smallest absolute Gasteiger partial charge is 0.233 e. The Balaban J connectivity index is 1.47. The summed E-state index contributed by atoms with van der Waals surface area (Å²) in [7, 11) is 0. The predicted octanol–water partition coefficient (Wildman–Crippen LogP) is 4.95. The molecule has 1 atom stereocenters. The van der Waals surface area contributed by atoms with Gasteiger partial charge in [-0.2, -0.15) is 15.0 Å². The lowest BCUT2D eigenvalue weighted by Gasteiger charge is -2.23. The lowest BCUT2D eigenvalue weighted by atomic mass is 9.89. The number of benzene rings is 1. The van der Waals surface area contributed by atoms with Crippen LogP contribution in [0.25, 0.3) is 0 Å². The molecule has 7 nitrogen and oxygen atoms in total. The fourth-order valence-electron chi connectivity index (χ4n) is 4.77. The van der Waals surface area contributed by atoms with E-state index in [-0.39, 0.29) is 5.82 Å². The molecular formula is C24H36FN7. The maximum absolute atomic E-state index is 14.0. The average molecular weight is 442 g/mol. The van der Waals surface area contributed by atoms with E-state index >= 15 is 0 Å². The number of halogens is 1. The first-order valence-electron chi connectivity index (χ1n) is 12.1. The molecule has 0 spiro atoms. The number of aryl methyl sites for hydroxylation is 1. The monoisotopic (exact) mass is 441 g/mol. The summed E-state index contributed by atoms with van der Waals surface area (Å²) in [4.78, 5) is 16.2. The Morgan fingerprint density at radius 3 is 2.38 bits per heavy atom. The van der Waals surface area contributed by atoms with Crippen molar-refractivity contribution in [2.75, 3.05) is 42.1 Å². The van der Waals surface area contributed by atoms with Crippen LogP contribution in [0.15, 0.2) is 18.2 Å². The Morgan fingerprint density at radius 2 is 1.66 bits per heavy atom. The largest absolute Gasteiger partial charge is 0.354 e. The maximum atomic E-state index is 14.0. The second-order valence-corrected chi connectivity index (χ2v) is 9.09. The topological polar surface area (TPSA) is 78.0 Å². The van der Waals surface area contributed by atoms with Gasteiger partial charge in [-0.1, -0.05) is 32.3 Å². The molecule has 1 saturated heterocycles. The number of hydrogen-bond donors (Lipinski definition) is 3. The number of nitrogens with zero attached hydrogens (tertiary/aromatic N) is 4. The molecule has 0 unspecified atom stereocenters. The van der Waals surface area contributed by atoms with Crippen molar-refractivity contribution in [3.63, 3.8) is 0 Å². The van der Waals surface area contributed by atoms with E-state index in [0.717, 1.165) is 26.2 Å². The van der Waals surface area contributed by atoms with Crippen molar-refractivity contribution in [3.8, 4) is 0 Å². The number of likely N-dealkylation sites (tertiary alicyclic amines) is 1. The van der Waals surface area contributed by atoms with E-state index < -0.39 is 0 Å². The summed E-state index contributed by atoms with van der Waals surface area (Å²) in [5.41, 5.74) is 1.23.